The molecule has 1 heteroatoms. The van der Waals surface area contributed by atoms with Crippen molar-refractivity contribution in [3.63, 3.8) is 0 Å². The van der Waals surface area contributed by atoms with E-state index in [-0.39, 0.29) is 6.10 Å². The van der Waals surface area contributed by atoms with Crippen LogP contribution in [0, 0.1) is 25.7 Å². The lowest BCUT2D eigenvalue weighted by Crippen LogP contribution is -2.10. The van der Waals surface area contributed by atoms with Crippen LogP contribution >= 0.6 is 0 Å². The van der Waals surface area contributed by atoms with Crippen LogP contribution in [-0.4, -0.2) is 5.11 Å². The Balaban J connectivity index is 2.09. The van der Waals surface area contributed by atoms with Crippen molar-refractivity contribution in [2.24, 2.45) is 11.8 Å². The molecule has 1 aromatic rings. The highest BCUT2D eigenvalue weighted by Gasteiger charge is 2.29. The van der Waals surface area contributed by atoms with E-state index in [0.717, 1.165) is 11.5 Å². The third-order valence-corrected chi connectivity index (χ3v) is 4.48. The van der Waals surface area contributed by atoms with E-state index in [9.17, 15) is 5.11 Å². The average Bonchev–Trinajstić information content (AvgIpc) is 2.80. The highest BCUT2D eigenvalue weighted by molar-refractivity contribution is 5.31. The summed E-state index contributed by atoms with van der Waals surface area (Å²) in [6.45, 7) is 6.50. The van der Waals surface area contributed by atoms with Crippen LogP contribution in [-0.2, 0) is 0 Å². The first-order valence-electron chi connectivity index (χ1n) is 6.87. The van der Waals surface area contributed by atoms with Crippen molar-refractivity contribution in [3.8, 4) is 0 Å². The molecule has 1 saturated carbocycles. The summed E-state index contributed by atoms with van der Waals surface area (Å²) in [4.78, 5) is 0. The normalized spacial score (nSPS) is 26.1. The third kappa shape index (κ3) is 2.71. The minimum atomic E-state index is -0.258. The summed E-state index contributed by atoms with van der Waals surface area (Å²) < 4.78 is 0. The van der Waals surface area contributed by atoms with Gasteiger partial charge in [0, 0.05) is 0 Å². The molecule has 2 rings (SSSR count). The Kier molecular flexibility index (Phi) is 3.88. The van der Waals surface area contributed by atoms with Crippen LogP contribution in [0.5, 0.6) is 0 Å². The van der Waals surface area contributed by atoms with Crippen LogP contribution < -0.4 is 0 Å². The molecule has 1 aliphatic rings. The number of benzene rings is 1. The molecule has 3 atom stereocenters. The van der Waals surface area contributed by atoms with Crippen molar-refractivity contribution in [2.75, 3.05) is 0 Å². The van der Waals surface area contributed by atoms with Gasteiger partial charge < -0.3 is 5.11 Å². The van der Waals surface area contributed by atoms with E-state index < -0.39 is 0 Å². The number of aryl methyl sites for hydroxylation is 2. The highest BCUT2D eigenvalue weighted by Crippen LogP contribution is 2.40. The summed E-state index contributed by atoms with van der Waals surface area (Å²) in [5, 5.41) is 10.4. The Morgan fingerprint density at radius 2 is 2.00 bits per heavy atom. The van der Waals surface area contributed by atoms with Crippen LogP contribution in [0.4, 0.5) is 0 Å². The van der Waals surface area contributed by atoms with Crippen LogP contribution in [0.25, 0.3) is 0 Å². The maximum absolute atomic E-state index is 10.4. The molecule has 1 N–H and O–H groups in total. The second kappa shape index (κ2) is 5.22. The molecule has 0 bridgehead atoms. The van der Waals surface area contributed by atoms with Gasteiger partial charge >= 0.3 is 0 Å². The molecule has 94 valence electrons. The van der Waals surface area contributed by atoms with Crippen molar-refractivity contribution < 1.29 is 5.11 Å². The molecular weight excluding hydrogens is 208 g/mol. The molecule has 1 aliphatic carbocycles. The minimum Gasteiger partial charge on any atom is -0.388 e. The monoisotopic (exact) mass is 232 g/mol. The second-order valence-electron chi connectivity index (χ2n) is 5.64. The first kappa shape index (κ1) is 12.6. The molecule has 0 aliphatic heterocycles. The van der Waals surface area contributed by atoms with Crippen LogP contribution in [0.3, 0.4) is 0 Å². The zero-order valence-corrected chi connectivity index (χ0v) is 11.2. The maximum atomic E-state index is 10.4. The van der Waals surface area contributed by atoms with E-state index in [1.165, 1.54) is 36.8 Å². The van der Waals surface area contributed by atoms with Gasteiger partial charge in [0.15, 0.2) is 0 Å². The van der Waals surface area contributed by atoms with Gasteiger partial charge in [0.1, 0.15) is 0 Å². The van der Waals surface area contributed by atoms with Gasteiger partial charge in [-0.2, -0.15) is 0 Å². The standard InChI is InChI=1S/C16H24O/c1-4-13-6-8-15(10-13)16(17)14-7-5-11(2)12(3)9-14/h5,7,9,13,15-17H,4,6,8,10H2,1-3H3. The quantitative estimate of drug-likeness (QED) is 0.829. The predicted octanol–water partition coefficient (Wildman–Crippen LogP) is 4.16. The lowest BCUT2D eigenvalue weighted by molar-refractivity contribution is 0.109. The van der Waals surface area contributed by atoms with Crippen molar-refractivity contribution in [1.82, 2.24) is 0 Å². The van der Waals surface area contributed by atoms with Gasteiger partial charge in [-0.15, -0.1) is 0 Å². The van der Waals surface area contributed by atoms with Crippen LogP contribution in [0.1, 0.15) is 55.4 Å². The fourth-order valence-corrected chi connectivity index (χ4v) is 2.99. The van der Waals surface area contributed by atoms with Gasteiger partial charge in [-0.25, -0.2) is 0 Å². The molecule has 1 nitrogen and oxygen atoms in total. The van der Waals surface area contributed by atoms with Gasteiger partial charge in [-0.05, 0) is 55.2 Å². The Bertz CT molecular complexity index is 383. The van der Waals surface area contributed by atoms with E-state index in [0.29, 0.717) is 5.92 Å². The fraction of sp³-hybridized carbons (Fsp3) is 0.625. The Morgan fingerprint density at radius 1 is 1.24 bits per heavy atom. The third-order valence-electron chi connectivity index (χ3n) is 4.48. The molecular formula is C16H24O. The first-order valence-corrected chi connectivity index (χ1v) is 6.87. The largest absolute Gasteiger partial charge is 0.388 e. The zero-order valence-electron chi connectivity index (χ0n) is 11.2. The predicted molar refractivity (Wildman–Crippen MR) is 72.0 cm³/mol. The van der Waals surface area contributed by atoms with Crippen molar-refractivity contribution in [1.29, 1.82) is 0 Å². The molecule has 0 amide bonds. The van der Waals surface area contributed by atoms with Gasteiger partial charge in [0.05, 0.1) is 6.10 Å². The molecule has 0 saturated heterocycles. The van der Waals surface area contributed by atoms with Gasteiger partial charge in [-0.3, -0.25) is 0 Å². The smallest absolute Gasteiger partial charge is 0.0818 e. The summed E-state index contributed by atoms with van der Waals surface area (Å²) in [5.41, 5.74) is 3.69. The molecule has 3 unspecified atom stereocenters. The number of aliphatic hydroxyl groups is 1. The van der Waals surface area contributed by atoms with Crippen molar-refractivity contribution >= 4 is 0 Å². The molecule has 0 heterocycles. The molecule has 0 radical (unpaired) electrons. The number of hydrogen-bond donors (Lipinski definition) is 1. The molecule has 0 aromatic heterocycles. The van der Waals surface area contributed by atoms with E-state index in [4.69, 9.17) is 0 Å². The van der Waals surface area contributed by atoms with E-state index in [2.05, 4.69) is 39.0 Å². The van der Waals surface area contributed by atoms with Crippen LogP contribution in [0.2, 0.25) is 0 Å². The van der Waals surface area contributed by atoms with Crippen LogP contribution in [0.15, 0.2) is 18.2 Å². The SMILES string of the molecule is CCC1CCC(C(O)c2ccc(C)c(C)c2)C1. The first-order chi connectivity index (χ1) is 8.11. The number of aliphatic hydroxyl groups excluding tert-OH is 1. The second-order valence-corrected chi connectivity index (χ2v) is 5.64. The fourth-order valence-electron chi connectivity index (χ4n) is 2.99. The van der Waals surface area contributed by atoms with Gasteiger partial charge in [0.2, 0.25) is 0 Å². The van der Waals surface area contributed by atoms with Crippen molar-refractivity contribution in [3.05, 3.63) is 34.9 Å². The van der Waals surface area contributed by atoms with Crippen molar-refractivity contribution in [2.45, 2.75) is 52.6 Å². The Morgan fingerprint density at radius 3 is 2.59 bits per heavy atom. The van der Waals surface area contributed by atoms with E-state index >= 15 is 0 Å². The zero-order chi connectivity index (χ0) is 12.4. The molecule has 17 heavy (non-hydrogen) atoms. The topological polar surface area (TPSA) is 20.2 Å². The summed E-state index contributed by atoms with van der Waals surface area (Å²) in [5.74, 6) is 1.31. The Labute approximate surface area is 105 Å². The van der Waals surface area contributed by atoms with Gasteiger partial charge in [0.25, 0.3) is 0 Å². The number of rotatable bonds is 3. The Hall–Kier alpha value is -0.820. The lowest BCUT2D eigenvalue weighted by atomic mass is 9.91. The highest BCUT2D eigenvalue weighted by atomic mass is 16.3. The van der Waals surface area contributed by atoms with E-state index in [1.807, 2.05) is 0 Å². The summed E-state index contributed by atoms with van der Waals surface area (Å²) in [6.07, 6.45) is 4.68. The lowest BCUT2D eigenvalue weighted by Gasteiger charge is -2.19. The maximum Gasteiger partial charge on any atom is 0.0818 e. The molecule has 1 aromatic carbocycles. The number of hydrogen-bond acceptors (Lipinski definition) is 1. The summed E-state index contributed by atoms with van der Waals surface area (Å²) >= 11 is 0. The van der Waals surface area contributed by atoms with E-state index in [1.54, 1.807) is 0 Å². The molecule has 0 spiro atoms. The molecule has 1 fully saturated rings. The minimum absolute atomic E-state index is 0.258. The van der Waals surface area contributed by atoms with Gasteiger partial charge in [-0.1, -0.05) is 38.0 Å². The summed E-state index contributed by atoms with van der Waals surface area (Å²) in [6, 6.07) is 6.37. The average molecular weight is 232 g/mol. The summed E-state index contributed by atoms with van der Waals surface area (Å²) in [7, 11) is 0.